The molecule has 1 N–H and O–H groups in total. The van der Waals surface area contributed by atoms with E-state index >= 15 is 0 Å². The van der Waals surface area contributed by atoms with Crippen LogP contribution in [0.4, 0.5) is 0 Å². The number of hydrogen-bond donors (Lipinski definition) is 1. The number of amides is 1. The number of likely N-dealkylation sites (N-methyl/N-ethyl adjacent to an activating group) is 1. The highest BCUT2D eigenvalue weighted by Crippen LogP contribution is 2.25. The summed E-state index contributed by atoms with van der Waals surface area (Å²) in [5.74, 6) is -0.701. The molecule has 0 spiro atoms. The summed E-state index contributed by atoms with van der Waals surface area (Å²) in [6.07, 6.45) is 2.10. The molecule has 1 aromatic carbocycles. The van der Waals surface area contributed by atoms with Gasteiger partial charge in [-0.15, -0.1) is 0 Å². The van der Waals surface area contributed by atoms with Crippen molar-refractivity contribution in [2.45, 2.75) is 18.9 Å². The molecule has 1 aliphatic carbocycles. The zero-order valence-corrected chi connectivity index (χ0v) is 10.1. The van der Waals surface area contributed by atoms with Crippen molar-refractivity contribution in [3.8, 4) is 5.75 Å². The standard InChI is InChI=1S/C13H15NO4/c1-14(10-5-6-10)12(15)8-18-11-4-2-3-9(7-11)13(16)17/h2-4,7,10H,5-6,8H2,1H3,(H,16,17). The maximum absolute atomic E-state index is 11.7. The Labute approximate surface area is 105 Å². The molecule has 5 nitrogen and oxygen atoms in total. The molecule has 0 heterocycles. The summed E-state index contributed by atoms with van der Waals surface area (Å²) in [5.41, 5.74) is 0.149. The lowest BCUT2D eigenvalue weighted by Gasteiger charge is -2.16. The molecule has 0 unspecified atom stereocenters. The Morgan fingerprint density at radius 1 is 1.44 bits per heavy atom. The third kappa shape index (κ3) is 3.00. The van der Waals surface area contributed by atoms with Gasteiger partial charge in [0.1, 0.15) is 5.75 Å². The van der Waals surface area contributed by atoms with Crippen LogP contribution in [0.3, 0.4) is 0 Å². The predicted octanol–water partition coefficient (Wildman–Crippen LogP) is 1.38. The van der Waals surface area contributed by atoms with Crippen LogP contribution in [0.15, 0.2) is 24.3 Å². The van der Waals surface area contributed by atoms with Crippen LogP contribution in [0.1, 0.15) is 23.2 Å². The normalized spacial score (nSPS) is 14.1. The monoisotopic (exact) mass is 249 g/mol. The first-order valence-electron chi connectivity index (χ1n) is 5.80. The minimum absolute atomic E-state index is 0.0595. The molecule has 96 valence electrons. The zero-order valence-electron chi connectivity index (χ0n) is 10.1. The number of carbonyl (C=O) groups is 2. The molecular formula is C13H15NO4. The van der Waals surface area contributed by atoms with E-state index in [1.54, 1.807) is 24.1 Å². The number of aromatic carboxylic acids is 1. The molecular weight excluding hydrogens is 234 g/mol. The quantitative estimate of drug-likeness (QED) is 0.856. The van der Waals surface area contributed by atoms with E-state index in [9.17, 15) is 9.59 Å². The lowest BCUT2D eigenvalue weighted by atomic mass is 10.2. The minimum Gasteiger partial charge on any atom is -0.484 e. The maximum Gasteiger partial charge on any atom is 0.335 e. The van der Waals surface area contributed by atoms with Crippen molar-refractivity contribution >= 4 is 11.9 Å². The van der Waals surface area contributed by atoms with Crippen molar-refractivity contribution in [3.63, 3.8) is 0 Å². The summed E-state index contributed by atoms with van der Waals surface area (Å²) in [6.45, 7) is -0.0595. The lowest BCUT2D eigenvalue weighted by molar-refractivity contribution is -0.132. The van der Waals surface area contributed by atoms with Crippen molar-refractivity contribution in [3.05, 3.63) is 29.8 Å². The molecule has 1 aliphatic rings. The van der Waals surface area contributed by atoms with E-state index in [-0.39, 0.29) is 18.1 Å². The van der Waals surface area contributed by atoms with Crippen LogP contribution in [0.25, 0.3) is 0 Å². The molecule has 1 amide bonds. The van der Waals surface area contributed by atoms with Crippen LogP contribution in [0.5, 0.6) is 5.75 Å². The number of benzene rings is 1. The second kappa shape index (κ2) is 5.08. The van der Waals surface area contributed by atoms with Crippen LogP contribution >= 0.6 is 0 Å². The summed E-state index contributed by atoms with van der Waals surface area (Å²) < 4.78 is 5.30. The predicted molar refractivity (Wildman–Crippen MR) is 64.7 cm³/mol. The van der Waals surface area contributed by atoms with Gasteiger partial charge in [-0.2, -0.15) is 0 Å². The number of hydrogen-bond acceptors (Lipinski definition) is 3. The molecule has 1 fully saturated rings. The van der Waals surface area contributed by atoms with Gasteiger partial charge < -0.3 is 14.7 Å². The van der Waals surface area contributed by atoms with Gasteiger partial charge in [0.15, 0.2) is 6.61 Å². The van der Waals surface area contributed by atoms with Gasteiger partial charge in [-0.3, -0.25) is 4.79 Å². The SMILES string of the molecule is CN(C(=O)COc1cccc(C(=O)O)c1)C1CC1. The van der Waals surface area contributed by atoms with E-state index in [1.165, 1.54) is 12.1 Å². The van der Waals surface area contributed by atoms with Crippen LogP contribution < -0.4 is 4.74 Å². The molecule has 0 aliphatic heterocycles. The lowest BCUT2D eigenvalue weighted by Crippen LogP contribution is -2.33. The number of nitrogens with zero attached hydrogens (tertiary/aromatic N) is 1. The molecule has 5 heteroatoms. The number of carboxylic acids is 1. The van der Waals surface area contributed by atoms with E-state index in [0.717, 1.165) is 12.8 Å². The number of carbonyl (C=O) groups excluding carboxylic acids is 1. The van der Waals surface area contributed by atoms with Crippen molar-refractivity contribution in [2.75, 3.05) is 13.7 Å². The van der Waals surface area contributed by atoms with Gasteiger partial charge in [-0.25, -0.2) is 4.79 Å². The summed E-state index contributed by atoms with van der Waals surface area (Å²) >= 11 is 0. The van der Waals surface area contributed by atoms with Crippen molar-refractivity contribution in [1.82, 2.24) is 4.90 Å². The zero-order chi connectivity index (χ0) is 13.1. The van der Waals surface area contributed by atoms with E-state index in [2.05, 4.69) is 0 Å². The second-order valence-electron chi connectivity index (χ2n) is 4.36. The molecule has 2 rings (SSSR count). The largest absolute Gasteiger partial charge is 0.484 e. The molecule has 1 aromatic rings. The van der Waals surface area contributed by atoms with Crippen LogP contribution in [0, 0.1) is 0 Å². The van der Waals surface area contributed by atoms with Gasteiger partial charge in [0.2, 0.25) is 0 Å². The molecule has 0 saturated heterocycles. The highest BCUT2D eigenvalue weighted by Gasteiger charge is 2.29. The van der Waals surface area contributed by atoms with E-state index in [0.29, 0.717) is 11.8 Å². The van der Waals surface area contributed by atoms with E-state index in [1.807, 2.05) is 0 Å². The van der Waals surface area contributed by atoms with Crippen LogP contribution in [-0.4, -0.2) is 41.6 Å². The average Bonchev–Trinajstić information content (AvgIpc) is 3.19. The molecule has 1 saturated carbocycles. The minimum atomic E-state index is -1.01. The fourth-order valence-electron chi connectivity index (χ4n) is 1.63. The maximum atomic E-state index is 11.7. The van der Waals surface area contributed by atoms with Crippen molar-refractivity contribution in [1.29, 1.82) is 0 Å². The Hall–Kier alpha value is -2.04. The fourth-order valence-corrected chi connectivity index (χ4v) is 1.63. The Bertz CT molecular complexity index is 468. The fraction of sp³-hybridized carbons (Fsp3) is 0.385. The van der Waals surface area contributed by atoms with Gasteiger partial charge in [0.25, 0.3) is 5.91 Å². The van der Waals surface area contributed by atoms with E-state index < -0.39 is 5.97 Å². The Balaban J connectivity index is 1.91. The Morgan fingerprint density at radius 3 is 2.78 bits per heavy atom. The first-order valence-corrected chi connectivity index (χ1v) is 5.80. The highest BCUT2D eigenvalue weighted by atomic mass is 16.5. The number of rotatable bonds is 5. The summed E-state index contributed by atoms with van der Waals surface area (Å²) in [7, 11) is 1.76. The average molecular weight is 249 g/mol. The first kappa shape index (κ1) is 12.4. The third-order valence-electron chi connectivity index (χ3n) is 2.93. The van der Waals surface area contributed by atoms with E-state index in [4.69, 9.17) is 9.84 Å². The summed E-state index contributed by atoms with van der Waals surface area (Å²) in [5, 5.41) is 8.83. The number of ether oxygens (including phenoxy) is 1. The molecule has 18 heavy (non-hydrogen) atoms. The topological polar surface area (TPSA) is 66.8 Å². The smallest absolute Gasteiger partial charge is 0.335 e. The van der Waals surface area contributed by atoms with Crippen molar-refractivity contribution in [2.24, 2.45) is 0 Å². The molecule has 0 bridgehead atoms. The Morgan fingerprint density at radius 2 is 2.17 bits per heavy atom. The molecule has 0 radical (unpaired) electrons. The van der Waals surface area contributed by atoms with Gasteiger partial charge in [0, 0.05) is 13.1 Å². The van der Waals surface area contributed by atoms with Gasteiger partial charge in [-0.05, 0) is 31.0 Å². The van der Waals surface area contributed by atoms with Gasteiger partial charge >= 0.3 is 5.97 Å². The van der Waals surface area contributed by atoms with Crippen molar-refractivity contribution < 1.29 is 19.4 Å². The van der Waals surface area contributed by atoms with Crippen LogP contribution in [0.2, 0.25) is 0 Å². The third-order valence-corrected chi connectivity index (χ3v) is 2.93. The Kier molecular flexibility index (Phi) is 3.50. The second-order valence-corrected chi connectivity index (χ2v) is 4.36. The molecule has 0 aromatic heterocycles. The highest BCUT2D eigenvalue weighted by molar-refractivity contribution is 5.88. The summed E-state index contributed by atoms with van der Waals surface area (Å²) in [4.78, 5) is 24.1. The van der Waals surface area contributed by atoms with Gasteiger partial charge in [0.05, 0.1) is 5.56 Å². The summed E-state index contributed by atoms with van der Waals surface area (Å²) in [6, 6.07) is 6.47. The van der Waals surface area contributed by atoms with Gasteiger partial charge in [-0.1, -0.05) is 6.07 Å². The molecule has 0 atom stereocenters. The van der Waals surface area contributed by atoms with Crippen LogP contribution in [-0.2, 0) is 4.79 Å². The number of carboxylic acid groups (broad SMARTS) is 1. The first-order chi connectivity index (χ1) is 8.58.